The molecular weight excluding hydrogens is 319 g/mol. The first kappa shape index (κ1) is 16.4. The van der Waals surface area contributed by atoms with E-state index in [1.54, 1.807) is 12.1 Å². The third kappa shape index (κ3) is 5.02. The standard InChI is InChI=1S/C17H24Cl2N2O/c18-14-3-4-17(16(19)11-14)22-10-9-21-7-5-15(6-8-21)20-12-13-1-2-13/h3-4,11,13,15,20H,1-2,5-10,12H2. The van der Waals surface area contributed by atoms with E-state index in [2.05, 4.69) is 10.2 Å². The second kappa shape index (κ2) is 7.87. The van der Waals surface area contributed by atoms with Crippen molar-refractivity contribution in [1.82, 2.24) is 10.2 Å². The Hall–Kier alpha value is -0.480. The Balaban J connectivity index is 1.32. The summed E-state index contributed by atoms with van der Waals surface area (Å²) in [5, 5.41) is 4.93. The number of ether oxygens (including phenoxy) is 1. The summed E-state index contributed by atoms with van der Waals surface area (Å²) in [6.07, 6.45) is 5.34. The molecule has 0 aromatic heterocycles. The molecule has 0 amide bonds. The van der Waals surface area contributed by atoms with Gasteiger partial charge in [0.05, 0.1) is 5.02 Å². The Kier molecular flexibility index (Phi) is 5.86. The first-order chi connectivity index (χ1) is 10.7. The van der Waals surface area contributed by atoms with Crippen molar-refractivity contribution in [1.29, 1.82) is 0 Å². The maximum Gasteiger partial charge on any atom is 0.138 e. The summed E-state index contributed by atoms with van der Waals surface area (Å²) < 4.78 is 5.76. The molecule has 0 unspecified atom stereocenters. The largest absolute Gasteiger partial charge is 0.491 e. The molecule has 3 nitrogen and oxygen atoms in total. The van der Waals surface area contributed by atoms with Crippen molar-refractivity contribution in [3.05, 3.63) is 28.2 Å². The first-order valence-electron chi connectivity index (χ1n) is 8.24. The average molecular weight is 343 g/mol. The lowest BCUT2D eigenvalue weighted by Crippen LogP contribution is -2.44. The number of benzene rings is 1. The van der Waals surface area contributed by atoms with E-state index in [-0.39, 0.29) is 0 Å². The number of piperidine rings is 1. The predicted octanol–water partition coefficient (Wildman–Crippen LogP) is 3.84. The summed E-state index contributed by atoms with van der Waals surface area (Å²) in [5.41, 5.74) is 0. The van der Waals surface area contributed by atoms with Crippen molar-refractivity contribution < 1.29 is 4.74 Å². The minimum Gasteiger partial charge on any atom is -0.491 e. The lowest BCUT2D eigenvalue weighted by molar-refractivity contribution is 0.164. The van der Waals surface area contributed by atoms with Crippen LogP contribution in [0.1, 0.15) is 25.7 Å². The van der Waals surface area contributed by atoms with Crippen LogP contribution in [0, 0.1) is 5.92 Å². The Morgan fingerprint density at radius 3 is 2.59 bits per heavy atom. The summed E-state index contributed by atoms with van der Waals surface area (Å²) in [6, 6.07) is 6.07. The number of likely N-dealkylation sites (tertiary alicyclic amines) is 1. The molecule has 2 aliphatic rings. The van der Waals surface area contributed by atoms with Crippen LogP contribution in [0.5, 0.6) is 5.75 Å². The molecule has 1 saturated carbocycles. The summed E-state index contributed by atoms with van der Waals surface area (Å²) in [4.78, 5) is 2.47. The van der Waals surface area contributed by atoms with E-state index in [1.807, 2.05) is 6.07 Å². The Morgan fingerprint density at radius 2 is 1.91 bits per heavy atom. The summed E-state index contributed by atoms with van der Waals surface area (Å²) in [5.74, 6) is 1.68. The van der Waals surface area contributed by atoms with E-state index in [0.29, 0.717) is 28.4 Å². The SMILES string of the molecule is Clc1ccc(OCCN2CCC(NCC3CC3)CC2)c(Cl)c1. The second-order valence-electron chi connectivity index (χ2n) is 6.39. The van der Waals surface area contributed by atoms with Gasteiger partial charge < -0.3 is 10.1 Å². The molecule has 2 fully saturated rings. The van der Waals surface area contributed by atoms with Gasteiger partial charge in [-0.15, -0.1) is 0 Å². The fraction of sp³-hybridized carbons (Fsp3) is 0.647. The lowest BCUT2D eigenvalue weighted by Gasteiger charge is -2.32. The number of hydrogen-bond donors (Lipinski definition) is 1. The van der Waals surface area contributed by atoms with Crippen LogP contribution in [0.4, 0.5) is 0 Å². The van der Waals surface area contributed by atoms with Crippen LogP contribution in [0.2, 0.25) is 10.0 Å². The van der Waals surface area contributed by atoms with Gasteiger partial charge in [-0.3, -0.25) is 4.90 Å². The molecule has 1 heterocycles. The highest BCUT2D eigenvalue weighted by Gasteiger charge is 2.24. The minimum absolute atomic E-state index is 0.579. The quantitative estimate of drug-likeness (QED) is 0.814. The highest BCUT2D eigenvalue weighted by Crippen LogP contribution is 2.28. The molecule has 0 bridgehead atoms. The van der Waals surface area contributed by atoms with Crippen molar-refractivity contribution >= 4 is 23.2 Å². The van der Waals surface area contributed by atoms with Gasteiger partial charge in [0.2, 0.25) is 0 Å². The fourth-order valence-corrected chi connectivity index (χ4v) is 3.36. The van der Waals surface area contributed by atoms with Gasteiger partial charge in [-0.25, -0.2) is 0 Å². The average Bonchev–Trinajstić information content (AvgIpc) is 3.33. The zero-order chi connectivity index (χ0) is 15.4. The molecule has 0 atom stereocenters. The van der Waals surface area contributed by atoms with Crippen LogP contribution >= 0.6 is 23.2 Å². The zero-order valence-electron chi connectivity index (χ0n) is 12.9. The van der Waals surface area contributed by atoms with E-state index >= 15 is 0 Å². The molecule has 22 heavy (non-hydrogen) atoms. The van der Waals surface area contributed by atoms with Crippen LogP contribution in [0.3, 0.4) is 0 Å². The van der Waals surface area contributed by atoms with Crippen molar-refractivity contribution in [2.24, 2.45) is 5.92 Å². The number of nitrogens with zero attached hydrogens (tertiary/aromatic N) is 1. The molecule has 0 radical (unpaired) electrons. The molecule has 1 N–H and O–H groups in total. The number of rotatable bonds is 7. The highest BCUT2D eigenvalue weighted by atomic mass is 35.5. The summed E-state index contributed by atoms with van der Waals surface area (Å²) >= 11 is 12.0. The topological polar surface area (TPSA) is 24.5 Å². The Labute approximate surface area is 142 Å². The molecular formula is C17H24Cl2N2O. The van der Waals surface area contributed by atoms with Gasteiger partial charge in [0.15, 0.2) is 0 Å². The van der Waals surface area contributed by atoms with Gasteiger partial charge in [0.25, 0.3) is 0 Å². The molecule has 1 aromatic rings. The van der Waals surface area contributed by atoms with Crippen LogP contribution in [0.15, 0.2) is 18.2 Å². The van der Waals surface area contributed by atoms with Crippen molar-refractivity contribution in [2.75, 3.05) is 32.8 Å². The third-order valence-corrected chi connectivity index (χ3v) is 5.07. The highest BCUT2D eigenvalue weighted by molar-refractivity contribution is 6.35. The Bertz CT molecular complexity index is 486. The van der Waals surface area contributed by atoms with Gasteiger partial charge in [-0.05, 0) is 69.4 Å². The van der Waals surface area contributed by atoms with Gasteiger partial charge >= 0.3 is 0 Å². The zero-order valence-corrected chi connectivity index (χ0v) is 14.4. The second-order valence-corrected chi connectivity index (χ2v) is 7.23. The van der Waals surface area contributed by atoms with Crippen LogP contribution in [0.25, 0.3) is 0 Å². The number of hydrogen-bond acceptors (Lipinski definition) is 3. The van der Waals surface area contributed by atoms with Crippen LogP contribution in [-0.2, 0) is 0 Å². The van der Waals surface area contributed by atoms with E-state index < -0.39 is 0 Å². The van der Waals surface area contributed by atoms with E-state index in [1.165, 1.54) is 32.2 Å². The van der Waals surface area contributed by atoms with E-state index in [9.17, 15) is 0 Å². The fourth-order valence-electron chi connectivity index (χ4n) is 2.89. The molecule has 122 valence electrons. The first-order valence-corrected chi connectivity index (χ1v) is 9.00. The molecule has 1 aliphatic carbocycles. The number of nitrogens with one attached hydrogen (secondary N) is 1. The maximum absolute atomic E-state index is 6.10. The summed E-state index contributed by atoms with van der Waals surface area (Å²) in [6.45, 7) is 5.15. The molecule has 1 aromatic carbocycles. The van der Waals surface area contributed by atoms with Crippen LogP contribution in [-0.4, -0.2) is 43.7 Å². The monoisotopic (exact) mass is 342 g/mol. The van der Waals surface area contributed by atoms with Gasteiger partial charge in [0.1, 0.15) is 12.4 Å². The van der Waals surface area contributed by atoms with Crippen molar-refractivity contribution in [3.63, 3.8) is 0 Å². The smallest absolute Gasteiger partial charge is 0.138 e. The van der Waals surface area contributed by atoms with E-state index in [0.717, 1.165) is 25.6 Å². The number of halogens is 2. The molecule has 0 spiro atoms. The minimum atomic E-state index is 0.579. The van der Waals surface area contributed by atoms with E-state index in [4.69, 9.17) is 27.9 Å². The molecule has 5 heteroatoms. The normalized spacial score (nSPS) is 20.3. The molecule has 1 saturated heterocycles. The lowest BCUT2D eigenvalue weighted by atomic mass is 10.0. The summed E-state index contributed by atoms with van der Waals surface area (Å²) in [7, 11) is 0. The molecule has 1 aliphatic heterocycles. The van der Waals surface area contributed by atoms with Gasteiger partial charge in [-0.1, -0.05) is 23.2 Å². The van der Waals surface area contributed by atoms with Gasteiger partial charge in [-0.2, -0.15) is 0 Å². The van der Waals surface area contributed by atoms with Crippen molar-refractivity contribution in [2.45, 2.75) is 31.7 Å². The third-order valence-electron chi connectivity index (χ3n) is 4.54. The predicted molar refractivity (Wildman–Crippen MR) is 92.1 cm³/mol. The van der Waals surface area contributed by atoms with Gasteiger partial charge in [0, 0.05) is 17.6 Å². The molecule has 3 rings (SSSR count). The van der Waals surface area contributed by atoms with Crippen LogP contribution < -0.4 is 10.1 Å². The van der Waals surface area contributed by atoms with Crippen molar-refractivity contribution in [3.8, 4) is 5.75 Å². The maximum atomic E-state index is 6.10. The Morgan fingerprint density at radius 1 is 1.14 bits per heavy atom.